The third-order valence-electron chi connectivity index (χ3n) is 2.48. The van der Waals surface area contributed by atoms with Gasteiger partial charge >= 0.3 is 12.6 Å². The Labute approximate surface area is 114 Å². The number of nitrogens with two attached hydrogens (primary N) is 1. The summed E-state index contributed by atoms with van der Waals surface area (Å²) in [4.78, 5) is 11.4. The monoisotopic (exact) mass is 284 g/mol. The van der Waals surface area contributed by atoms with E-state index in [4.69, 9.17) is 15.7 Å². The topological polar surface area (TPSA) is 85.3 Å². The Bertz CT molecular complexity index is 527. The molecule has 0 unspecified atom stereocenters. The largest absolute Gasteiger partial charge is 0.466 e. The predicted molar refractivity (Wildman–Crippen MR) is 66.0 cm³/mol. The Kier molecular flexibility index (Phi) is 5.87. The number of esters is 1. The van der Waals surface area contributed by atoms with Gasteiger partial charge < -0.3 is 15.2 Å². The highest BCUT2D eigenvalue weighted by atomic mass is 19.3. The van der Waals surface area contributed by atoms with E-state index < -0.39 is 12.6 Å². The highest BCUT2D eigenvalue weighted by Crippen LogP contribution is 2.26. The number of benzene rings is 1. The summed E-state index contributed by atoms with van der Waals surface area (Å²) in [5.41, 5.74) is 6.28. The van der Waals surface area contributed by atoms with E-state index in [2.05, 4.69) is 4.74 Å². The van der Waals surface area contributed by atoms with Gasteiger partial charge in [-0.2, -0.15) is 14.0 Å². The Balaban J connectivity index is 3.17. The molecule has 1 aromatic rings. The Morgan fingerprint density at radius 3 is 2.65 bits per heavy atom. The van der Waals surface area contributed by atoms with E-state index in [1.165, 1.54) is 6.07 Å². The van der Waals surface area contributed by atoms with Gasteiger partial charge in [0.1, 0.15) is 5.75 Å². The normalized spacial score (nSPS) is 10.2. The lowest BCUT2D eigenvalue weighted by Gasteiger charge is -2.13. The lowest BCUT2D eigenvalue weighted by Crippen LogP contribution is -2.12. The number of halogens is 2. The van der Waals surface area contributed by atoms with Crippen LogP contribution >= 0.6 is 0 Å². The van der Waals surface area contributed by atoms with Crippen molar-refractivity contribution < 1.29 is 23.0 Å². The summed E-state index contributed by atoms with van der Waals surface area (Å²) in [6.45, 7) is -1.18. The summed E-state index contributed by atoms with van der Waals surface area (Å²) < 4.78 is 33.8. The molecule has 0 atom stereocenters. The number of alkyl halides is 2. The van der Waals surface area contributed by atoms with E-state index in [0.29, 0.717) is 5.56 Å². The van der Waals surface area contributed by atoms with Gasteiger partial charge in [0.2, 0.25) is 0 Å². The van der Waals surface area contributed by atoms with Crippen LogP contribution in [0.2, 0.25) is 0 Å². The molecule has 0 spiro atoms. The van der Waals surface area contributed by atoms with Crippen molar-refractivity contribution in [2.45, 2.75) is 26.5 Å². The molecule has 0 heterocycles. The Morgan fingerprint density at radius 2 is 2.15 bits per heavy atom. The molecule has 7 heteroatoms. The van der Waals surface area contributed by atoms with Crippen LogP contribution in [0.25, 0.3) is 0 Å². The van der Waals surface area contributed by atoms with Crippen LogP contribution in [-0.2, 0) is 22.5 Å². The second-order valence-corrected chi connectivity index (χ2v) is 3.79. The summed E-state index contributed by atoms with van der Waals surface area (Å²) >= 11 is 0. The molecule has 1 rings (SSSR count). The maximum absolute atomic E-state index is 12.4. The van der Waals surface area contributed by atoms with Crippen LogP contribution in [0.3, 0.4) is 0 Å². The minimum Gasteiger partial charge on any atom is -0.466 e. The summed E-state index contributed by atoms with van der Waals surface area (Å²) in [6.07, 6.45) is -0.228. The molecule has 2 N–H and O–H groups in total. The first-order valence-electron chi connectivity index (χ1n) is 5.88. The van der Waals surface area contributed by atoms with Gasteiger partial charge in [0.25, 0.3) is 0 Å². The van der Waals surface area contributed by atoms with Crippen LogP contribution in [0.5, 0.6) is 5.75 Å². The lowest BCUT2D eigenvalue weighted by atomic mass is 10.0. The number of carbonyl (C=O) groups is 1. The van der Waals surface area contributed by atoms with Crippen LogP contribution in [0, 0.1) is 11.3 Å². The Morgan fingerprint density at radius 1 is 1.45 bits per heavy atom. The van der Waals surface area contributed by atoms with E-state index in [-0.39, 0.29) is 36.4 Å². The van der Waals surface area contributed by atoms with Gasteiger partial charge in [-0.25, -0.2) is 0 Å². The highest BCUT2D eigenvalue weighted by Gasteiger charge is 2.16. The third-order valence-corrected chi connectivity index (χ3v) is 2.48. The van der Waals surface area contributed by atoms with Crippen molar-refractivity contribution in [3.8, 4) is 11.8 Å². The number of hydrogen-bond donors (Lipinski definition) is 1. The zero-order chi connectivity index (χ0) is 15.1. The zero-order valence-corrected chi connectivity index (χ0v) is 10.9. The van der Waals surface area contributed by atoms with Crippen LogP contribution in [-0.4, -0.2) is 19.2 Å². The fraction of sp³-hybridized carbons (Fsp3) is 0.385. The smallest absolute Gasteiger partial charge is 0.387 e. The van der Waals surface area contributed by atoms with Crippen molar-refractivity contribution in [3.05, 3.63) is 28.8 Å². The van der Waals surface area contributed by atoms with Gasteiger partial charge in [0, 0.05) is 12.1 Å². The fourth-order valence-electron chi connectivity index (χ4n) is 1.66. The molecule has 0 aliphatic heterocycles. The molecule has 0 saturated heterocycles. The van der Waals surface area contributed by atoms with E-state index in [0.717, 1.165) is 6.07 Å². The summed E-state index contributed by atoms with van der Waals surface area (Å²) in [5.74, 6) is -0.791. The van der Waals surface area contributed by atoms with Crippen molar-refractivity contribution in [1.29, 1.82) is 5.26 Å². The average Bonchev–Trinajstić information content (AvgIpc) is 2.39. The number of nitrogens with zero attached hydrogens (tertiary/aromatic N) is 1. The minimum atomic E-state index is -3.05. The molecule has 0 bridgehead atoms. The van der Waals surface area contributed by atoms with E-state index in [1.807, 2.05) is 6.07 Å². The first-order chi connectivity index (χ1) is 9.51. The second kappa shape index (κ2) is 7.40. The van der Waals surface area contributed by atoms with Crippen molar-refractivity contribution in [2.24, 2.45) is 5.73 Å². The molecule has 0 amide bonds. The molecule has 0 aromatic heterocycles. The van der Waals surface area contributed by atoms with Crippen molar-refractivity contribution in [2.75, 3.05) is 6.61 Å². The summed E-state index contributed by atoms with van der Waals surface area (Å²) in [5, 5.41) is 8.92. The van der Waals surface area contributed by atoms with Gasteiger partial charge in [-0.15, -0.1) is 0 Å². The van der Waals surface area contributed by atoms with Crippen molar-refractivity contribution in [1.82, 2.24) is 0 Å². The van der Waals surface area contributed by atoms with Gasteiger partial charge in [0.05, 0.1) is 24.7 Å². The maximum atomic E-state index is 12.4. The maximum Gasteiger partial charge on any atom is 0.387 e. The first kappa shape index (κ1) is 15.9. The quantitative estimate of drug-likeness (QED) is 0.804. The van der Waals surface area contributed by atoms with Gasteiger partial charge in [0.15, 0.2) is 0 Å². The van der Waals surface area contributed by atoms with Gasteiger partial charge in [-0.1, -0.05) is 0 Å². The average molecular weight is 284 g/mol. The SMILES string of the molecule is CCOC(=O)Cc1cc(CN)c(C#N)cc1OC(F)F. The van der Waals surface area contributed by atoms with Crippen molar-refractivity contribution in [3.63, 3.8) is 0 Å². The number of carbonyl (C=O) groups excluding carboxylic acids is 1. The van der Waals surface area contributed by atoms with E-state index in [1.54, 1.807) is 6.92 Å². The predicted octanol–water partition coefficient (Wildman–Crippen LogP) is 1.72. The van der Waals surface area contributed by atoms with Crippen LogP contribution < -0.4 is 10.5 Å². The van der Waals surface area contributed by atoms with Gasteiger partial charge in [-0.05, 0) is 24.6 Å². The molecule has 1 aromatic carbocycles. The molecule has 5 nitrogen and oxygen atoms in total. The van der Waals surface area contributed by atoms with Crippen LogP contribution in [0.1, 0.15) is 23.6 Å². The molecular formula is C13H14F2N2O3. The third kappa shape index (κ3) is 4.17. The zero-order valence-electron chi connectivity index (χ0n) is 10.9. The van der Waals surface area contributed by atoms with Crippen molar-refractivity contribution >= 4 is 5.97 Å². The molecule has 0 aliphatic rings. The molecule has 20 heavy (non-hydrogen) atoms. The molecular weight excluding hydrogens is 270 g/mol. The molecule has 0 saturated carbocycles. The first-order valence-corrected chi connectivity index (χ1v) is 5.88. The number of nitriles is 1. The molecule has 0 aliphatic carbocycles. The minimum absolute atomic E-state index is 0.0493. The van der Waals surface area contributed by atoms with Crippen LogP contribution in [0.4, 0.5) is 8.78 Å². The van der Waals surface area contributed by atoms with Crippen LogP contribution in [0.15, 0.2) is 12.1 Å². The summed E-state index contributed by atoms with van der Waals surface area (Å²) in [7, 11) is 0. The molecule has 0 radical (unpaired) electrons. The van der Waals surface area contributed by atoms with E-state index >= 15 is 0 Å². The molecule has 0 fully saturated rings. The van der Waals surface area contributed by atoms with E-state index in [9.17, 15) is 13.6 Å². The Hall–Kier alpha value is -2.20. The van der Waals surface area contributed by atoms with Gasteiger partial charge in [-0.3, -0.25) is 4.79 Å². The number of hydrogen-bond acceptors (Lipinski definition) is 5. The second-order valence-electron chi connectivity index (χ2n) is 3.79. The summed E-state index contributed by atoms with van der Waals surface area (Å²) in [6, 6.07) is 4.41. The highest BCUT2D eigenvalue weighted by molar-refractivity contribution is 5.74. The number of ether oxygens (including phenoxy) is 2. The fourth-order valence-corrected chi connectivity index (χ4v) is 1.66. The lowest BCUT2D eigenvalue weighted by molar-refractivity contribution is -0.142. The number of rotatable bonds is 6. The molecule has 108 valence electrons. The standard InChI is InChI=1S/C13H14F2N2O3/c1-2-19-12(18)5-8-3-9(6-16)10(7-17)4-11(8)20-13(14)15/h3-4,13H,2,5-6,16H2,1H3.